The zero-order valence-electron chi connectivity index (χ0n) is 9.66. The maximum atomic E-state index is 3.45. The van der Waals surface area contributed by atoms with Gasteiger partial charge in [-0.05, 0) is 32.4 Å². The first-order valence-electron chi connectivity index (χ1n) is 5.56. The van der Waals surface area contributed by atoms with Crippen LogP contribution in [0, 0.1) is 6.07 Å². The Labute approximate surface area is 104 Å². The number of rotatable bonds is 0. The average Bonchev–Trinajstić information content (AvgIpc) is 2.61. The van der Waals surface area contributed by atoms with E-state index in [4.69, 9.17) is 0 Å². The SMILES string of the molecule is CN1CC[C@H]2c3[c-]cccc3CC[C@H]21.[Li+]. The van der Waals surface area contributed by atoms with E-state index in [9.17, 15) is 0 Å². The Morgan fingerprint density at radius 2 is 2.27 bits per heavy atom. The number of aryl methyl sites for hydroxylation is 1. The number of hydrogen-bond acceptors (Lipinski definition) is 1. The molecule has 0 unspecified atom stereocenters. The predicted molar refractivity (Wildman–Crippen MR) is 57.4 cm³/mol. The molecule has 0 spiro atoms. The quantitative estimate of drug-likeness (QED) is 0.386. The molecule has 0 N–H and O–H groups in total. The molecule has 1 aliphatic carbocycles. The van der Waals surface area contributed by atoms with Crippen LogP contribution in [0.5, 0.6) is 0 Å². The van der Waals surface area contributed by atoms with Crippen LogP contribution in [0.15, 0.2) is 18.2 Å². The van der Waals surface area contributed by atoms with E-state index in [0.717, 1.165) is 12.0 Å². The minimum Gasteiger partial charge on any atom is -0.303 e. The Kier molecular flexibility index (Phi) is 3.26. The van der Waals surface area contributed by atoms with Crippen molar-refractivity contribution in [3.8, 4) is 0 Å². The van der Waals surface area contributed by atoms with Crippen molar-refractivity contribution < 1.29 is 18.9 Å². The minimum atomic E-state index is 0. The van der Waals surface area contributed by atoms with Crippen molar-refractivity contribution in [3.05, 3.63) is 35.4 Å². The second-order valence-corrected chi connectivity index (χ2v) is 4.59. The Bertz CT molecular complexity index is 350. The summed E-state index contributed by atoms with van der Waals surface area (Å²) in [6.07, 6.45) is 3.92. The van der Waals surface area contributed by atoms with E-state index in [-0.39, 0.29) is 18.9 Å². The molecule has 1 aromatic carbocycles. The van der Waals surface area contributed by atoms with Gasteiger partial charge in [-0.15, -0.1) is 0 Å². The van der Waals surface area contributed by atoms with Gasteiger partial charge in [-0.3, -0.25) is 0 Å². The Morgan fingerprint density at radius 3 is 3.13 bits per heavy atom. The first-order chi connectivity index (χ1) is 6.86. The van der Waals surface area contributed by atoms with Crippen LogP contribution in [0.4, 0.5) is 0 Å². The smallest absolute Gasteiger partial charge is 0.303 e. The van der Waals surface area contributed by atoms with Gasteiger partial charge in [0, 0.05) is 6.04 Å². The Hall–Kier alpha value is -0.223. The molecule has 0 bridgehead atoms. The first-order valence-corrected chi connectivity index (χ1v) is 5.56. The van der Waals surface area contributed by atoms with Crippen molar-refractivity contribution in [2.24, 2.45) is 0 Å². The zero-order valence-corrected chi connectivity index (χ0v) is 9.66. The standard InChI is InChI=1S/C13H16N.Li/c1-14-9-8-12-11-5-3-2-4-10(11)6-7-13(12)14;/h2-4,12-13H,6-9H2,1H3;/q-1;+1/t12-,13+;/m0./s1. The second kappa shape index (κ2) is 4.34. The van der Waals surface area contributed by atoms with Crippen molar-refractivity contribution in [2.75, 3.05) is 13.6 Å². The summed E-state index contributed by atoms with van der Waals surface area (Å²) in [5.41, 5.74) is 3.05. The topological polar surface area (TPSA) is 3.24 Å². The number of hydrogen-bond donors (Lipinski definition) is 0. The van der Waals surface area contributed by atoms with Gasteiger partial charge in [-0.25, -0.2) is 0 Å². The van der Waals surface area contributed by atoms with E-state index >= 15 is 0 Å². The van der Waals surface area contributed by atoms with E-state index < -0.39 is 0 Å². The van der Waals surface area contributed by atoms with Gasteiger partial charge in [0.25, 0.3) is 0 Å². The van der Waals surface area contributed by atoms with Crippen LogP contribution in [0.25, 0.3) is 0 Å². The van der Waals surface area contributed by atoms with Crippen LogP contribution in [0.3, 0.4) is 0 Å². The molecule has 1 aliphatic heterocycles. The summed E-state index contributed by atoms with van der Waals surface area (Å²) in [5.74, 6) is 0.768. The fourth-order valence-corrected chi connectivity index (χ4v) is 3.12. The summed E-state index contributed by atoms with van der Waals surface area (Å²) in [7, 11) is 2.26. The van der Waals surface area contributed by atoms with Gasteiger partial charge in [-0.2, -0.15) is 35.4 Å². The monoisotopic (exact) mass is 193 g/mol. The van der Waals surface area contributed by atoms with E-state index in [1.807, 2.05) is 0 Å². The molecule has 1 heterocycles. The number of likely N-dealkylation sites (tertiary alicyclic amines) is 1. The molecule has 1 fully saturated rings. The molecule has 0 radical (unpaired) electrons. The van der Waals surface area contributed by atoms with Gasteiger partial charge in [0.2, 0.25) is 0 Å². The maximum absolute atomic E-state index is 3.45. The molecular weight excluding hydrogens is 177 g/mol. The van der Waals surface area contributed by atoms with Crippen LogP contribution in [0.2, 0.25) is 0 Å². The molecule has 2 aliphatic rings. The average molecular weight is 193 g/mol. The van der Waals surface area contributed by atoms with Crippen LogP contribution in [0.1, 0.15) is 29.9 Å². The van der Waals surface area contributed by atoms with E-state index in [0.29, 0.717) is 0 Å². The van der Waals surface area contributed by atoms with Crippen molar-refractivity contribution in [1.82, 2.24) is 4.90 Å². The molecule has 15 heavy (non-hydrogen) atoms. The van der Waals surface area contributed by atoms with Crippen LogP contribution in [-0.4, -0.2) is 24.5 Å². The fourth-order valence-electron chi connectivity index (χ4n) is 3.12. The third kappa shape index (κ3) is 1.78. The fraction of sp³-hybridized carbons (Fsp3) is 0.538. The molecular formula is C13H16LiN. The van der Waals surface area contributed by atoms with Crippen LogP contribution in [-0.2, 0) is 6.42 Å². The molecule has 0 aromatic heterocycles. The van der Waals surface area contributed by atoms with Crippen LogP contribution >= 0.6 is 0 Å². The molecule has 74 valence electrons. The molecule has 3 rings (SSSR count). The molecule has 0 amide bonds. The van der Waals surface area contributed by atoms with Crippen molar-refractivity contribution >= 4 is 0 Å². The van der Waals surface area contributed by atoms with Gasteiger partial charge >= 0.3 is 18.9 Å². The molecule has 2 heteroatoms. The summed E-state index contributed by atoms with van der Waals surface area (Å²) in [6.45, 7) is 1.26. The van der Waals surface area contributed by atoms with Gasteiger partial charge < -0.3 is 4.90 Å². The maximum Gasteiger partial charge on any atom is 1.00 e. The van der Waals surface area contributed by atoms with Crippen molar-refractivity contribution in [1.29, 1.82) is 0 Å². The third-order valence-corrected chi connectivity index (χ3v) is 3.88. The Morgan fingerprint density at radius 1 is 1.40 bits per heavy atom. The largest absolute Gasteiger partial charge is 1.00 e. The van der Waals surface area contributed by atoms with Crippen LogP contribution < -0.4 is 18.9 Å². The number of likely N-dealkylation sites (N-methyl/N-ethyl adjacent to an activating group) is 1. The van der Waals surface area contributed by atoms with Crippen molar-refractivity contribution in [2.45, 2.75) is 31.2 Å². The summed E-state index contributed by atoms with van der Waals surface area (Å²) in [6, 6.07) is 10.7. The van der Waals surface area contributed by atoms with E-state index in [2.05, 4.69) is 36.2 Å². The Balaban J connectivity index is 0.000000853. The molecule has 1 aromatic rings. The summed E-state index contributed by atoms with van der Waals surface area (Å²) in [5, 5.41) is 0. The molecule has 0 saturated carbocycles. The van der Waals surface area contributed by atoms with E-state index in [1.165, 1.54) is 31.4 Å². The number of benzene rings is 1. The number of fused-ring (bicyclic) bond motifs is 3. The van der Waals surface area contributed by atoms with Gasteiger partial charge in [-0.1, -0.05) is 6.42 Å². The summed E-state index contributed by atoms with van der Waals surface area (Å²) >= 11 is 0. The third-order valence-electron chi connectivity index (χ3n) is 3.88. The van der Waals surface area contributed by atoms with Gasteiger partial charge in [0.05, 0.1) is 0 Å². The molecule has 1 saturated heterocycles. The predicted octanol–water partition coefficient (Wildman–Crippen LogP) is -0.775. The molecule has 2 atom stereocenters. The second-order valence-electron chi connectivity index (χ2n) is 4.59. The summed E-state index contributed by atoms with van der Waals surface area (Å²) < 4.78 is 0. The van der Waals surface area contributed by atoms with Gasteiger partial charge in [0.15, 0.2) is 0 Å². The zero-order chi connectivity index (χ0) is 9.54. The van der Waals surface area contributed by atoms with Crippen molar-refractivity contribution in [3.63, 3.8) is 0 Å². The first kappa shape index (κ1) is 11.3. The van der Waals surface area contributed by atoms with E-state index in [1.54, 1.807) is 5.56 Å². The minimum absolute atomic E-state index is 0. The van der Waals surface area contributed by atoms with Gasteiger partial charge in [0.1, 0.15) is 0 Å². The normalized spacial score (nSPS) is 29.1. The summed E-state index contributed by atoms with van der Waals surface area (Å²) in [4.78, 5) is 2.52. The number of nitrogens with zero attached hydrogens (tertiary/aromatic N) is 1. The molecule has 1 nitrogen and oxygen atoms in total.